The van der Waals surface area contributed by atoms with Gasteiger partial charge in [-0.3, -0.25) is 4.79 Å². The summed E-state index contributed by atoms with van der Waals surface area (Å²) >= 11 is 0. The number of aromatic nitrogens is 1. The van der Waals surface area contributed by atoms with E-state index in [1.165, 1.54) is 24.3 Å². The fourth-order valence-electron chi connectivity index (χ4n) is 3.73. The van der Waals surface area contributed by atoms with Crippen LogP contribution in [-0.4, -0.2) is 34.6 Å². The number of carbonyl (C=O) groups is 2. The molecule has 0 radical (unpaired) electrons. The molecule has 33 heavy (non-hydrogen) atoms. The Morgan fingerprint density at radius 1 is 1.15 bits per heavy atom. The number of aromatic amines is 1. The molecule has 0 aliphatic rings. The summed E-state index contributed by atoms with van der Waals surface area (Å²) in [6, 6.07) is 9.72. The monoisotopic (exact) mass is 449 g/mol. The van der Waals surface area contributed by atoms with Crippen LogP contribution in [0.1, 0.15) is 18.1 Å². The van der Waals surface area contributed by atoms with Crippen LogP contribution in [0.2, 0.25) is 0 Å². The molecule has 0 aliphatic carbocycles. The number of carboxylic acid groups (broad SMARTS) is 1. The molecule has 3 N–H and O–H groups in total. The smallest absolute Gasteiger partial charge is 0.336 e. The lowest BCUT2D eigenvalue weighted by Crippen LogP contribution is -2.50. The number of carbonyl (C=O) groups excluding carboxylic acids is 2. The second-order valence-electron chi connectivity index (χ2n) is 7.58. The van der Waals surface area contributed by atoms with Gasteiger partial charge in [0.1, 0.15) is 17.1 Å². The Balaban J connectivity index is 1.43. The average Bonchev–Trinajstić information content (AvgIpc) is 3.18. The third-order valence-electron chi connectivity index (χ3n) is 5.35. The number of rotatable bonds is 8. The average molecular weight is 449 g/mol. The van der Waals surface area contributed by atoms with Gasteiger partial charge in [-0.15, -0.1) is 0 Å². The van der Waals surface area contributed by atoms with Gasteiger partial charge in [-0.05, 0) is 47.9 Å². The normalized spacial score (nSPS) is 12.0. The van der Waals surface area contributed by atoms with Crippen LogP contribution in [0.15, 0.2) is 57.9 Å². The van der Waals surface area contributed by atoms with Crippen molar-refractivity contribution in [2.24, 2.45) is 0 Å². The predicted octanol–water partition coefficient (Wildman–Crippen LogP) is 1.40. The number of hydrogen-bond donors (Lipinski definition) is 3. The van der Waals surface area contributed by atoms with E-state index in [0.717, 1.165) is 16.5 Å². The summed E-state index contributed by atoms with van der Waals surface area (Å²) in [6.45, 7) is 1.48. The summed E-state index contributed by atoms with van der Waals surface area (Å²) in [6.07, 6.45) is 2.24. The first-order chi connectivity index (χ1) is 15.8. The molecule has 170 valence electrons. The van der Waals surface area contributed by atoms with E-state index in [1.807, 2.05) is 6.92 Å². The van der Waals surface area contributed by atoms with Gasteiger partial charge in [-0.2, -0.15) is 0 Å². The minimum absolute atomic E-state index is 0.0432. The standard InChI is InChI=1S/C24H22N2O7/c1-2-13-8-23(29)33-21-10-16(4-5-17(13)21)32-12-22(28)26-20(24(30)31)7-14-11-25-19-6-3-15(27)9-18(14)19/h3-6,8-11,20,25,27H,2,7,12H2,1H3,(H,26,28)(H,30,31)/p-1/t20-/m0/s1. The van der Waals surface area contributed by atoms with Crippen molar-refractivity contribution < 1.29 is 29.0 Å². The minimum atomic E-state index is -1.45. The van der Waals surface area contributed by atoms with Gasteiger partial charge in [0.05, 0.1) is 12.0 Å². The Hall–Kier alpha value is -4.27. The number of nitrogens with one attached hydrogen (secondary N) is 2. The van der Waals surface area contributed by atoms with E-state index in [9.17, 15) is 24.6 Å². The molecular weight excluding hydrogens is 428 g/mol. The van der Waals surface area contributed by atoms with Crippen molar-refractivity contribution in [3.63, 3.8) is 0 Å². The van der Waals surface area contributed by atoms with Crippen LogP contribution < -0.4 is 20.8 Å². The van der Waals surface area contributed by atoms with Crippen molar-refractivity contribution in [3.05, 3.63) is 70.2 Å². The highest BCUT2D eigenvalue weighted by molar-refractivity contribution is 5.87. The number of fused-ring (bicyclic) bond motifs is 2. The van der Waals surface area contributed by atoms with Crippen LogP contribution in [0.5, 0.6) is 11.5 Å². The van der Waals surface area contributed by atoms with Crippen molar-refractivity contribution in [1.82, 2.24) is 10.3 Å². The summed E-state index contributed by atoms with van der Waals surface area (Å²) in [5, 5.41) is 25.1. The van der Waals surface area contributed by atoms with E-state index in [-0.39, 0.29) is 12.2 Å². The molecule has 9 heteroatoms. The maximum atomic E-state index is 12.3. The third kappa shape index (κ3) is 4.82. The summed E-state index contributed by atoms with van der Waals surface area (Å²) in [4.78, 5) is 38.7. The van der Waals surface area contributed by atoms with Crippen LogP contribution in [0, 0.1) is 0 Å². The molecule has 0 saturated carbocycles. The van der Waals surface area contributed by atoms with Gasteiger partial charge in [-0.1, -0.05) is 6.92 Å². The van der Waals surface area contributed by atoms with Crippen LogP contribution in [0.25, 0.3) is 21.9 Å². The fraction of sp³-hybridized carbons (Fsp3) is 0.208. The van der Waals surface area contributed by atoms with E-state index in [4.69, 9.17) is 9.15 Å². The summed E-state index contributed by atoms with van der Waals surface area (Å²) in [7, 11) is 0. The van der Waals surface area contributed by atoms with Gasteiger partial charge in [-0.25, -0.2) is 4.79 Å². The van der Waals surface area contributed by atoms with Crippen molar-refractivity contribution >= 4 is 33.7 Å². The van der Waals surface area contributed by atoms with Crippen molar-refractivity contribution in [2.75, 3.05) is 6.61 Å². The van der Waals surface area contributed by atoms with E-state index in [1.54, 1.807) is 24.4 Å². The molecular formula is C24H21N2O7-. The lowest BCUT2D eigenvalue weighted by molar-refractivity contribution is -0.308. The first kappa shape index (κ1) is 21.9. The molecule has 2 aromatic heterocycles. The first-order valence-electron chi connectivity index (χ1n) is 10.3. The van der Waals surface area contributed by atoms with Crippen molar-refractivity contribution in [1.29, 1.82) is 0 Å². The second-order valence-corrected chi connectivity index (χ2v) is 7.58. The number of carboxylic acids is 1. The van der Waals surface area contributed by atoms with Gasteiger partial charge in [0.15, 0.2) is 6.61 Å². The van der Waals surface area contributed by atoms with E-state index >= 15 is 0 Å². The molecule has 0 aliphatic heterocycles. The molecule has 0 fully saturated rings. The molecule has 0 bridgehead atoms. The maximum Gasteiger partial charge on any atom is 0.336 e. The number of hydrogen-bond acceptors (Lipinski definition) is 7. The number of aliphatic carboxylic acids is 1. The highest BCUT2D eigenvalue weighted by atomic mass is 16.5. The Kier molecular flexibility index (Phi) is 6.03. The van der Waals surface area contributed by atoms with Gasteiger partial charge in [0.25, 0.3) is 5.91 Å². The Bertz CT molecular complexity index is 1400. The minimum Gasteiger partial charge on any atom is -0.548 e. The molecule has 0 unspecified atom stereocenters. The molecule has 1 atom stereocenters. The summed E-state index contributed by atoms with van der Waals surface area (Å²) in [5.74, 6) is -1.76. The van der Waals surface area contributed by atoms with Crippen LogP contribution >= 0.6 is 0 Å². The zero-order valence-electron chi connectivity index (χ0n) is 17.7. The lowest BCUT2D eigenvalue weighted by Gasteiger charge is -2.19. The first-order valence-corrected chi connectivity index (χ1v) is 10.3. The topological polar surface area (TPSA) is 145 Å². The van der Waals surface area contributed by atoms with Gasteiger partial charge in [0, 0.05) is 41.0 Å². The molecule has 9 nitrogen and oxygen atoms in total. The highest BCUT2D eigenvalue weighted by Gasteiger charge is 2.17. The zero-order valence-corrected chi connectivity index (χ0v) is 17.7. The Labute approximate surface area is 187 Å². The molecule has 4 rings (SSSR count). The number of ether oxygens (including phenoxy) is 1. The molecule has 2 heterocycles. The van der Waals surface area contributed by atoms with E-state index in [0.29, 0.717) is 28.7 Å². The number of aromatic hydroxyl groups is 1. The predicted molar refractivity (Wildman–Crippen MR) is 118 cm³/mol. The Morgan fingerprint density at radius 3 is 2.73 bits per heavy atom. The molecule has 4 aromatic rings. The largest absolute Gasteiger partial charge is 0.548 e. The number of phenolic OH excluding ortho intramolecular Hbond substituents is 1. The second kappa shape index (κ2) is 9.07. The van der Waals surface area contributed by atoms with Gasteiger partial charge >= 0.3 is 5.63 Å². The fourth-order valence-corrected chi connectivity index (χ4v) is 3.73. The van der Waals surface area contributed by atoms with Crippen molar-refractivity contribution in [3.8, 4) is 11.5 Å². The maximum absolute atomic E-state index is 12.3. The van der Waals surface area contributed by atoms with Crippen molar-refractivity contribution in [2.45, 2.75) is 25.8 Å². The molecule has 0 saturated heterocycles. The van der Waals surface area contributed by atoms with Crippen LogP contribution in [0.3, 0.4) is 0 Å². The summed E-state index contributed by atoms with van der Waals surface area (Å²) in [5.41, 5.74) is 2.04. The third-order valence-corrected chi connectivity index (χ3v) is 5.35. The highest BCUT2D eigenvalue weighted by Crippen LogP contribution is 2.24. The quantitative estimate of drug-likeness (QED) is 0.345. The number of H-pyrrole nitrogens is 1. The molecule has 2 aromatic carbocycles. The molecule has 0 spiro atoms. The summed E-state index contributed by atoms with van der Waals surface area (Å²) < 4.78 is 10.7. The van der Waals surface area contributed by atoms with Gasteiger partial charge in [0.2, 0.25) is 0 Å². The number of amides is 1. The SMILES string of the molecule is CCc1cc(=O)oc2cc(OCC(=O)N[C@@H](Cc3c[nH]c4ccc(O)cc34)C(=O)[O-])ccc12. The van der Waals surface area contributed by atoms with Gasteiger partial charge < -0.3 is 34.5 Å². The molecule has 1 amide bonds. The lowest BCUT2D eigenvalue weighted by atomic mass is 10.0. The number of benzene rings is 2. The Morgan fingerprint density at radius 2 is 1.97 bits per heavy atom. The van der Waals surface area contributed by atoms with Crippen LogP contribution in [0.4, 0.5) is 0 Å². The number of aryl methyl sites for hydroxylation is 1. The van der Waals surface area contributed by atoms with Crippen LogP contribution in [-0.2, 0) is 22.4 Å². The zero-order chi connectivity index (χ0) is 23.5. The van der Waals surface area contributed by atoms with E-state index < -0.39 is 30.2 Å². The van der Waals surface area contributed by atoms with E-state index in [2.05, 4.69) is 10.3 Å². The number of phenols is 1.